The van der Waals surface area contributed by atoms with Crippen LogP contribution in [-0.4, -0.2) is 30.4 Å². The Labute approximate surface area is 218 Å². The van der Waals surface area contributed by atoms with Crippen LogP contribution in [-0.2, 0) is 16.0 Å². The number of piperidine rings is 1. The van der Waals surface area contributed by atoms with E-state index in [1.807, 2.05) is 42.5 Å². The number of hydrogen-bond donors (Lipinski definition) is 1. The van der Waals surface area contributed by atoms with E-state index in [1.165, 1.54) is 17.7 Å². The molecule has 182 valence electrons. The van der Waals surface area contributed by atoms with Crippen LogP contribution in [0.4, 0.5) is 16.2 Å². The highest BCUT2D eigenvalue weighted by molar-refractivity contribution is 6.39. The van der Waals surface area contributed by atoms with Gasteiger partial charge in [0.2, 0.25) is 5.91 Å². The van der Waals surface area contributed by atoms with Gasteiger partial charge in [-0.05, 0) is 60.6 Å². The van der Waals surface area contributed by atoms with Crippen LogP contribution in [0.25, 0.3) is 0 Å². The maximum atomic E-state index is 14.4. The Morgan fingerprint density at radius 2 is 1.64 bits per heavy atom. The van der Waals surface area contributed by atoms with E-state index < -0.39 is 29.3 Å². The Kier molecular flexibility index (Phi) is 5.54. The van der Waals surface area contributed by atoms with Crippen LogP contribution in [0.5, 0.6) is 0 Å². The van der Waals surface area contributed by atoms with Crippen molar-refractivity contribution in [1.29, 1.82) is 0 Å². The monoisotopic (exact) mass is 519 g/mol. The molecule has 36 heavy (non-hydrogen) atoms. The number of nitrogens with one attached hydrogen (secondary N) is 1. The molecule has 0 bridgehead atoms. The standard InChI is InChI=1S/C28H23Cl2N3O3/c29-20-10-11-21(30)23(15-20)33-26(35)28(25(34)31-27(33)36)16-19-8-4-5-9-22(19)32-13-12-18(14-24(28)32)17-6-2-1-3-7-17/h1-11,15,18,24H,12-14,16H2,(H,31,34,36)/t18-,24-,28+/m0/s1. The molecule has 3 aromatic carbocycles. The lowest BCUT2D eigenvalue weighted by atomic mass is 9.64. The van der Waals surface area contributed by atoms with E-state index >= 15 is 0 Å². The van der Waals surface area contributed by atoms with Gasteiger partial charge in [0.05, 0.1) is 16.8 Å². The zero-order valence-corrected chi connectivity index (χ0v) is 20.8. The second-order valence-corrected chi connectivity index (χ2v) is 10.5. The summed E-state index contributed by atoms with van der Waals surface area (Å²) < 4.78 is 0. The van der Waals surface area contributed by atoms with E-state index in [0.29, 0.717) is 18.0 Å². The molecule has 6 nitrogen and oxygen atoms in total. The first kappa shape index (κ1) is 23.1. The number of carbonyl (C=O) groups excluding carboxylic acids is 3. The lowest BCUT2D eigenvalue weighted by molar-refractivity contribution is -0.145. The van der Waals surface area contributed by atoms with Crippen molar-refractivity contribution >= 4 is 52.4 Å². The second-order valence-electron chi connectivity index (χ2n) is 9.61. The minimum atomic E-state index is -1.50. The molecule has 2 fully saturated rings. The smallest absolute Gasteiger partial charge is 0.335 e. The first-order valence-electron chi connectivity index (χ1n) is 11.9. The Bertz CT molecular complexity index is 1400. The van der Waals surface area contributed by atoms with Crippen molar-refractivity contribution in [1.82, 2.24) is 5.32 Å². The molecule has 3 aliphatic rings. The second kappa shape index (κ2) is 8.64. The van der Waals surface area contributed by atoms with Crippen molar-refractivity contribution < 1.29 is 14.4 Å². The number of barbiturate groups is 1. The number of benzene rings is 3. The molecule has 3 aromatic rings. The summed E-state index contributed by atoms with van der Waals surface area (Å²) in [6.45, 7) is 0.690. The van der Waals surface area contributed by atoms with E-state index in [0.717, 1.165) is 22.6 Å². The minimum Gasteiger partial charge on any atom is -0.367 e. The molecule has 0 radical (unpaired) electrons. The van der Waals surface area contributed by atoms with E-state index in [1.54, 1.807) is 6.07 Å². The summed E-state index contributed by atoms with van der Waals surface area (Å²) in [5, 5.41) is 3.01. The first-order chi connectivity index (χ1) is 17.4. The molecular weight excluding hydrogens is 497 g/mol. The molecule has 0 aliphatic carbocycles. The fourth-order valence-corrected chi connectivity index (χ4v) is 6.46. The zero-order valence-electron chi connectivity index (χ0n) is 19.3. The van der Waals surface area contributed by atoms with Gasteiger partial charge in [0.15, 0.2) is 5.41 Å². The maximum absolute atomic E-state index is 14.4. The van der Waals surface area contributed by atoms with Gasteiger partial charge in [-0.1, -0.05) is 71.7 Å². The lowest BCUT2D eigenvalue weighted by Gasteiger charge is -2.55. The largest absolute Gasteiger partial charge is 0.367 e. The summed E-state index contributed by atoms with van der Waals surface area (Å²) >= 11 is 12.6. The van der Waals surface area contributed by atoms with Crippen molar-refractivity contribution in [2.24, 2.45) is 5.41 Å². The number of hydrogen-bond acceptors (Lipinski definition) is 4. The van der Waals surface area contributed by atoms with Gasteiger partial charge in [0, 0.05) is 17.3 Å². The van der Waals surface area contributed by atoms with Gasteiger partial charge in [0.1, 0.15) is 0 Å². The third-order valence-electron chi connectivity index (χ3n) is 7.78. The summed E-state index contributed by atoms with van der Waals surface area (Å²) in [6, 6.07) is 21.4. The third kappa shape index (κ3) is 3.43. The molecule has 4 amide bonds. The molecule has 0 unspecified atom stereocenters. The fraction of sp³-hybridized carbons (Fsp3) is 0.250. The Balaban J connectivity index is 1.50. The Hall–Kier alpha value is -3.35. The number of urea groups is 1. The van der Waals surface area contributed by atoms with Gasteiger partial charge in [-0.15, -0.1) is 0 Å². The molecule has 2 saturated heterocycles. The lowest BCUT2D eigenvalue weighted by Crippen LogP contribution is -2.73. The van der Waals surface area contributed by atoms with E-state index in [4.69, 9.17) is 23.2 Å². The minimum absolute atomic E-state index is 0.166. The van der Waals surface area contributed by atoms with E-state index in [9.17, 15) is 14.4 Å². The highest BCUT2D eigenvalue weighted by Gasteiger charge is 2.63. The molecule has 3 heterocycles. The number of halogens is 2. The molecule has 3 aliphatic heterocycles. The topological polar surface area (TPSA) is 69.7 Å². The molecular formula is C28H23Cl2N3O3. The van der Waals surface area contributed by atoms with Crippen molar-refractivity contribution in [2.75, 3.05) is 16.3 Å². The number of para-hydroxylation sites is 1. The van der Waals surface area contributed by atoms with E-state index in [-0.39, 0.29) is 23.0 Å². The fourth-order valence-electron chi connectivity index (χ4n) is 6.09. The molecule has 1 spiro atoms. The summed E-state index contributed by atoms with van der Waals surface area (Å²) in [7, 11) is 0. The summed E-state index contributed by atoms with van der Waals surface area (Å²) in [5.41, 5.74) is 1.79. The number of anilines is 2. The van der Waals surface area contributed by atoms with Gasteiger partial charge in [-0.25, -0.2) is 9.69 Å². The SMILES string of the molecule is O=C1NC(=O)[C@]2(Cc3ccccc3N3CC[C@H](c4ccccc4)C[C@H]32)C(=O)N1c1cc(Cl)ccc1Cl. The Morgan fingerprint density at radius 3 is 2.44 bits per heavy atom. The number of fused-ring (bicyclic) bond motifs is 4. The third-order valence-corrected chi connectivity index (χ3v) is 8.33. The first-order valence-corrected chi connectivity index (χ1v) is 12.7. The molecule has 8 heteroatoms. The summed E-state index contributed by atoms with van der Waals surface area (Å²) in [4.78, 5) is 44.4. The molecule has 1 N–H and O–H groups in total. The summed E-state index contributed by atoms with van der Waals surface area (Å²) in [6.07, 6.45) is 1.69. The van der Waals surface area contributed by atoms with Crippen LogP contribution >= 0.6 is 23.2 Å². The van der Waals surface area contributed by atoms with Crippen LogP contribution in [0.15, 0.2) is 72.8 Å². The van der Waals surface area contributed by atoms with Gasteiger partial charge >= 0.3 is 6.03 Å². The average Bonchev–Trinajstić information content (AvgIpc) is 2.89. The predicted octanol–water partition coefficient (Wildman–Crippen LogP) is 5.57. The number of amides is 4. The van der Waals surface area contributed by atoms with Crippen LogP contribution in [0.1, 0.15) is 29.9 Å². The van der Waals surface area contributed by atoms with Crippen LogP contribution in [0.2, 0.25) is 10.0 Å². The maximum Gasteiger partial charge on any atom is 0.335 e. The predicted molar refractivity (Wildman–Crippen MR) is 140 cm³/mol. The zero-order chi connectivity index (χ0) is 25.0. The van der Waals surface area contributed by atoms with Crippen molar-refractivity contribution in [3.8, 4) is 0 Å². The van der Waals surface area contributed by atoms with Gasteiger partial charge < -0.3 is 4.90 Å². The number of rotatable bonds is 2. The number of nitrogens with zero attached hydrogens (tertiary/aromatic N) is 2. The van der Waals surface area contributed by atoms with Crippen LogP contribution < -0.4 is 15.1 Å². The highest BCUT2D eigenvalue weighted by Crippen LogP contribution is 2.50. The molecule has 6 rings (SSSR count). The molecule has 3 atom stereocenters. The van der Waals surface area contributed by atoms with Gasteiger partial charge in [0.25, 0.3) is 5.91 Å². The normalized spacial score (nSPS) is 25.4. The molecule has 0 aromatic heterocycles. The number of imide groups is 2. The van der Waals surface area contributed by atoms with Gasteiger partial charge in [-0.2, -0.15) is 0 Å². The van der Waals surface area contributed by atoms with Crippen molar-refractivity contribution in [3.63, 3.8) is 0 Å². The Morgan fingerprint density at radius 1 is 0.889 bits per heavy atom. The van der Waals surface area contributed by atoms with Crippen LogP contribution in [0.3, 0.4) is 0 Å². The van der Waals surface area contributed by atoms with E-state index in [2.05, 4.69) is 22.3 Å². The average molecular weight is 520 g/mol. The number of carbonyl (C=O) groups is 3. The highest BCUT2D eigenvalue weighted by atomic mass is 35.5. The van der Waals surface area contributed by atoms with Gasteiger partial charge in [-0.3, -0.25) is 14.9 Å². The molecule has 0 saturated carbocycles. The summed E-state index contributed by atoms with van der Waals surface area (Å²) in [5.74, 6) is -0.959. The van der Waals surface area contributed by atoms with Crippen LogP contribution in [0, 0.1) is 5.41 Å². The quantitative estimate of drug-likeness (QED) is 0.449. The van der Waals surface area contributed by atoms with Crippen molar-refractivity contribution in [3.05, 3.63) is 94.0 Å². The van der Waals surface area contributed by atoms with Crippen molar-refractivity contribution in [2.45, 2.75) is 31.2 Å².